The van der Waals surface area contributed by atoms with Crippen molar-refractivity contribution in [2.75, 3.05) is 0 Å². The van der Waals surface area contributed by atoms with Crippen LogP contribution in [0.4, 0.5) is 0 Å². The minimum absolute atomic E-state index is 0.467. The zero-order valence-corrected chi connectivity index (χ0v) is 8.58. The Balaban J connectivity index is 2.99. The van der Waals surface area contributed by atoms with Crippen molar-refractivity contribution in [2.45, 2.75) is 13.3 Å². The molecule has 0 N–H and O–H groups in total. The molecule has 1 nitrogen and oxygen atoms in total. The first-order valence-corrected chi connectivity index (χ1v) is 6.38. The summed E-state index contributed by atoms with van der Waals surface area (Å²) >= 11 is 2.10. The van der Waals surface area contributed by atoms with Crippen LogP contribution in [0.5, 0.6) is 0 Å². The molecule has 0 aliphatic heterocycles. The molecule has 0 saturated heterocycles. The van der Waals surface area contributed by atoms with Crippen LogP contribution in [0.2, 0.25) is 0 Å². The number of rotatable bonds is 4. The van der Waals surface area contributed by atoms with Gasteiger partial charge in [0.05, 0.1) is 18.0 Å². The highest BCUT2D eigenvalue weighted by Crippen LogP contribution is 2.33. The van der Waals surface area contributed by atoms with E-state index in [1.807, 2.05) is 0 Å². The SMILES string of the molecule is C=C(CC)POSI. The van der Waals surface area contributed by atoms with Gasteiger partial charge < -0.3 is 0 Å². The molecule has 0 fully saturated rings. The molecular weight excluding hydrogens is 254 g/mol. The van der Waals surface area contributed by atoms with E-state index in [4.69, 9.17) is 3.97 Å². The molecule has 0 spiro atoms. The van der Waals surface area contributed by atoms with Crippen molar-refractivity contribution >= 4 is 39.2 Å². The third kappa shape index (κ3) is 5.35. The van der Waals surface area contributed by atoms with Gasteiger partial charge >= 0.3 is 0 Å². The second kappa shape index (κ2) is 6.33. The van der Waals surface area contributed by atoms with E-state index >= 15 is 0 Å². The first kappa shape index (κ1) is 9.21. The molecule has 0 aromatic carbocycles. The molecule has 0 saturated carbocycles. The monoisotopic (exact) mass is 262 g/mol. The molecule has 0 radical (unpaired) electrons. The van der Waals surface area contributed by atoms with E-state index in [1.165, 1.54) is 14.5 Å². The summed E-state index contributed by atoms with van der Waals surface area (Å²) in [6, 6.07) is 0. The highest BCUT2D eigenvalue weighted by Gasteiger charge is 1.88. The minimum atomic E-state index is 0.467. The lowest BCUT2D eigenvalue weighted by Gasteiger charge is -1.96. The van der Waals surface area contributed by atoms with Gasteiger partial charge in [-0.05, 0) is 11.7 Å². The Kier molecular flexibility index (Phi) is 7.29. The van der Waals surface area contributed by atoms with Gasteiger partial charge in [0.15, 0.2) is 0 Å². The largest absolute Gasteiger partial charge is 0.282 e. The van der Waals surface area contributed by atoms with Crippen LogP contribution < -0.4 is 0 Å². The Hall–Kier alpha value is 1.21. The van der Waals surface area contributed by atoms with Gasteiger partial charge in [-0.2, -0.15) is 0 Å². The number of hydrogen-bond donors (Lipinski definition) is 0. The van der Waals surface area contributed by atoms with Crippen LogP contribution in [0.15, 0.2) is 11.9 Å². The van der Waals surface area contributed by atoms with Crippen molar-refractivity contribution in [3.05, 3.63) is 11.9 Å². The van der Waals surface area contributed by atoms with Gasteiger partial charge in [0.2, 0.25) is 0 Å². The fourth-order valence-corrected chi connectivity index (χ4v) is 1.70. The van der Waals surface area contributed by atoms with Gasteiger partial charge in [-0.1, -0.05) is 13.5 Å². The van der Waals surface area contributed by atoms with Gasteiger partial charge in [-0.25, -0.2) is 0 Å². The average molecular weight is 262 g/mol. The Morgan fingerprint density at radius 3 is 3.00 bits per heavy atom. The van der Waals surface area contributed by atoms with Crippen LogP contribution >= 0.6 is 39.2 Å². The molecule has 0 aromatic heterocycles. The molecule has 0 amide bonds. The van der Waals surface area contributed by atoms with Gasteiger partial charge in [-0.3, -0.25) is 3.97 Å². The molecule has 0 aliphatic rings. The molecule has 0 aromatic rings. The topological polar surface area (TPSA) is 9.23 Å². The first-order valence-electron chi connectivity index (χ1n) is 2.19. The van der Waals surface area contributed by atoms with Crippen molar-refractivity contribution < 1.29 is 3.97 Å². The second-order valence-electron chi connectivity index (χ2n) is 1.21. The van der Waals surface area contributed by atoms with Crippen LogP contribution in [-0.4, -0.2) is 0 Å². The molecule has 8 heavy (non-hydrogen) atoms. The smallest absolute Gasteiger partial charge is 0.0688 e. The zero-order valence-electron chi connectivity index (χ0n) is 4.61. The molecule has 0 rings (SSSR count). The summed E-state index contributed by atoms with van der Waals surface area (Å²) in [6.45, 7) is 5.86. The molecule has 1 atom stereocenters. The summed E-state index contributed by atoms with van der Waals surface area (Å²) in [5.74, 6) is 0. The molecule has 0 aliphatic carbocycles. The van der Waals surface area contributed by atoms with E-state index in [1.54, 1.807) is 0 Å². The van der Waals surface area contributed by atoms with Gasteiger partial charge in [0.25, 0.3) is 0 Å². The van der Waals surface area contributed by atoms with E-state index in [0.717, 1.165) is 6.42 Å². The fourth-order valence-electron chi connectivity index (χ4n) is 0.147. The van der Waals surface area contributed by atoms with Gasteiger partial charge in [-0.15, -0.1) is 0 Å². The van der Waals surface area contributed by atoms with Gasteiger partial charge in [0, 0.05) is 21.2 Å². The molecule has 0 bridgehead atoms. The third-order valence-corrected chi connectivity index (χ3v) is 3.49. The lowest BCUT2D eigenvalue weighted by molar-refractivity contribution is 0.758. The van der Waals surface area contributed by atoms with E-state index in [9.17, 15) is 0 Å². The summed E-state index contributed by atoms with van der Waals surface area (Å²) in [6.07, 6.45) is 1.02. The molecule has 4 heteroatoms. The Morgan fingerprint density at radius 1 is 2.00 bits per heavy atom. The van der Waals surface area contributed by atoms with E-state index in [0.29, 0.717) is 8.81 Å². The zero-order chi connectivity index (χ0) is 6.41. The average Bonchev–Trinajstić information content (AvgIpc) is 1.83. The molecular formula is C4H8IOPS. The van der Waals surface area contributed by atoms with Crippen LogP contribution in [0, 0.1) is 0 Å². The predicted molar refractivity (Wildman–Crippen MR) is 50.4 cm³/mol. The van der Waals surface area contributed by atoms with E-state index in [2.05, 4.69) is 34.7 Å². The molecule has 1 unspecified atom stereocenters. The van der Waals surface area contributed by atoms with Crippen molar-refractivity contribution in [3.8, 4) is 0 Å². The standard InChI is InChI=1S/C4H8IOPS/c1-3-4(2)7-6-8-5/h7H,2-3H2,1H3. The third-order valence-electron chi connectivity index (χ3n) is 0.644. The van der Waals surface area contributed by atoms with Gasteiger partial charge in [0.1, 0.15) is 0 Å². The van der Waals surface area contributed by atoms with Crippen molar-refractivity contribution in [1.82, 2.24) is 0 Å². The Labute approximate surface area is 68.3 Å². The van der Waals surface area contributed by atoms with Crippen molar-refractivity contribution in [3.63, 3.8) is 0 Å². The normalized spacial score (nSPS) is 10.8. The number of allylic oxidation sites excluding steroid dienone is 1. The Morgan fingerprint density at radius 2 is 2.62 bits per heavy atom. The summed E-state index contributed by atoms with van der Waals surface area (Å²) in [7, 11) is 1.83. The highest BCUT2D eigenvalue weighted by atomic mass is 127. The quantitative estimate of drug-likeness (QED) is 0.435. The molecule has 48 valence electrons. The minimum Gasteiger partial charge on any atom is -0.282 e. The van der Waals surface area contributed by atoms with Crippen LogP contribution in [0.3, 0.4) is 0 Å². The summed E-state index contributed by atoms with van der Waals surface area (Å²) in [5.41, 5.74) is 0. The second-order valence-corrected chi connectivity index (χ2v) is 3.99. The van der Waals surface area contributed by atoms with Crippen LogP contribution in [0.1, 0.15) is 13.3 Å². The van der Waals surface area contributed by atoms with Crippen LogP contribution in [-0.2, 0) is 3.97 Å². The number of hydrogen-bond acceptors (Lipinski definition) is 2. The van der Waals surface area contributed by atoms with E-state index in [-0.39, 0.29) is 0 Å². The van der Waals surface area contributed by atoms with E-state index < -0.39 is 0 Å². The maximum absolute atomic E-state index is 5.02. The first-order chi connectivity index (χ1) is 3.81. The Bertz CT molecular complexity index is 78.4. The maximum Gasteiger partial charge on any atom is 0.0688 e. The van der Waals surface area contributed by atoms with Crippen molar-refractivity contribution in [1.29, 1.82) is 0 Å². The lowest BCUT2D eigenvalue weighted by atomic mass is 10.5. The lowest BCUT2D eigenvalue weighted by Crippen LogP contribution is -1.62. The number of halogens is 1. The van der Waals surface area contributed by atoms with Crippen molar-refractivity contribution in [2.24, 2.45) is 0 Å². The summed E-state index contributed by atoms with van der Waals surface area (Å²) < 4.78 is 5.02. The van der Waals surface area contributed by atoms with Crippen LogP contribution in [0.25, 0.3) is 0 Å². The fraction of sp³-hybridized carbons (Fsp3) is 0.500. The maximum atomic E-state index is 5.02. The molecule has 0 heterocycles. The predicted octanol–water partition coefficient (Wildman–Crippen LogP) is 3.52. The highest BCUT2D eigenvalue weighted by molar-refractivity contribution is 14.2. The summed E-state index contributed by atoms with van der Waals surface area (Å²) in [4.78, 5) is 0. The summed E-state index contributed by atoms with van der Waals surface area (Å²) in [5, 5.41) is 1.18.